The summed E-state index contributed by atoms with van der Waals surface area (Å²) in [6, 6.07) is 0. The molecule has 0 saturated heterocycles. The van der Waals surface area contributed by atoms with Crippen LogP contribution >= 0.6 is 0 Å². The molecule has 0 radical (unpaired) electrons. The number of unbranched alkanes of at least 4 members (excludes halogenated alkanes) is 7. The molecule has 0 aliphatic rings. The Morgan fingerprint density at radius 3 is 1.72 bits per heavy atom. The predicted octanol–water partition coefficient (Wildman–Crippen LogP) is 3.77. The molecule has 0 aromatic rings. The number of rotatable bonds is 12. The molecule has 0 rings (SSSR count). The first-order valence-electron chi connectivity index (χ1n) is 7.94. The number of likely N-dealkylation sites (N-methyl/N-ethyl adjacent to an activating group) is 2. The fourth-order valence-electron chi connectivity index (χ4n) is 2.10. The average Bonchev–Trinajstić information content (AvgIpc) is 2.29. The molecule has 0 atom stereocenters. The molecule has 18 heavy (non-hydrogen) atoms. The van der Waals surface area contributed by atoms with E-state index in [0.29, 0.717) is 0 Å². The molecular formula is C16H37N2+. The van der Waals surface area contributed by atoms with E-state index in [1.165, 1.54) is 71.0 Å². The minimum atomic E-state index is 1.07. The molecule has 110 valence electrons. The first-order chi connectivity index (χ1) is 8.45. The molecular weight excluding hydrogens is 220 g/mol. The van der Waals surface area contributed by atoms with E-state index in [4.69, 9.17) is 0 Å². The van der Waals surface area contributed by atoms with Gasteiger partial charge in [-0.2, -0.15) is 0 Å². The van der Waals surface area contributed by atoms with Gasteiger partial charge in [0, 0.05) is 6.54 Å². The van der Waals surface area contributed by atoms with Gasteiger partial charge in [0.2, 0.25) is 0 Å². The average molecular weight is 257 g/mol. The van der Waals surface area contributed by atoms with E-state index in [0.717, 1.165) is 4.48 Å². The van der Waals surface area contributed by atoms with Crippen LogP contribution in [0.4, 0.5) is 0 Å². The predicted molar refractivity (Wildman–Crippen MR) is 83.0 cm³/mol. The lowest BCUT2D eigenvalue weighted by atomic mass is 10.1. The summed E-state index contributed by atoms with van der Waals surface area (Å²) in [5.41, 5.74) is 0. The van der Waals surface area contributed by atoms with Crippen LogP contribution < -0.4 is 0 Å². The van der Waals surface area contributed by atoms with Gasteiger partial charge in [-0.05, 0) is 20.0 Å². The Hall–Kier alpha value is -0.0800. The van der Waals surface area contributed by atoms with Gasteiger partial charge < -0.3 is 9.38 Å². The van der Waals surface area contributed by atoms with Gasteiger partial charge in [0.05, 0.1) is 27.7 Å². The van der Waals surface area contributed by atoms with Gasteiger partial charge in [0.1, 0.15) is 0 Å². The normalized spacial score (nSPS) is 12.3. The molecule has 2 nitrogen and oxygen atoms in total. The first-order valence-corrected chi connectivity index (χ1v) is 7.94. The van der Waals surface area contributed by atoms with E-state index in [1.807, 2.05) is 0 Å². The van der Waals surface area contributed by atoms with Crippen molar-refractivity contribution in [2.45, 2.75) is 58.3 Å². The smallest absolute Gasteiger partial charge is 0.0909 e. The molecule has 0 spiro atoms. The van der Waals surface area contributed by atoms with Crippen molar-refractivity contribution in [1.29, 1.82) is 0 Å². The van der Waals surface area contributed by atoms with Crippen molar-refractivity contribution in [3.8, 4) is 0 Å². The molecule has 0 aliphatic heterocycles. The van der Waals surface area contributed by atoms with E-state index >= 15 is 0 Å². The molecule has 0 N–H and O–H groups in total. The van der Waals surface area contributed by atoms with E-state index in [2.05, 4.69) is 40.0 Å². The molecule has 0 saturated carbocycles. The maximum atomic E-state index is 2.49. The van der Waals surface area contributed by atoms with Crippen LogP contribution in [0.5, 0.6) is 0 Å². The molecule has 0 bridgehead atoms. The largest absolute Gasteiger partial charge is 0.330 e. The maximum Gasteiger partial charge on any atom is 0.0909 e. The van der Waals surface area contributed by atoms with Crippen molar-refractivity contribution >= 4 is 0 Å². The Kier molecular flexibility index (Phi) is 10.8. The van der Waals surface area contributed by atoms with Crippen molar-refractivity contribution in [2.75, 3.05) is 47.8 Å². The van der Waals surface area contributed by atoms with Gasteiger partial charge >= 0.3 is 0 Å². The third-order valence-electron chi connectivity index (χ3n) is 3.55. The monoisotopic (exact) mass is 257 g/mol. The zero-order valence-electron chi connectivity index (χ0n) is 13.7. The van der Waals surface area contributed by atoms with E-state index in [-0.39, 0.29) is 0 Å². The van der Waals surface area contributed by atoms with Crippen LogP contribution in [0, 0.1) is 0 Å². The topological polar surface area (TPSA) is 3.24 Å². The van der Waals surface area contributed by atoms with Crippen molar-refractivity contribution < 1.29 is 4.48 Å². The molecule has 0 aromatic heterocycles. The van der Waals surface area contributed by atoms with Crippen LogP contribution in [0.25, 0.3) is 0 Å². The Morgan fingerprint density at radius 1 is 0.722 bits per heavy atom. The summed E-state index contributed by atoms with van der Waals surface area (Å²) in [6.07, 6.45) is 11.4. The summed E-state index contributed by atoms with van der Waals surface area (Å²) in [5, 5.41) is 0. The minimum absolute atomic E-state index is 1.07. The molecule has 0 aromatic carbocycles. The van der Waals surface area contributed by atoms with Crippen molar-refractivity contribution in [3.05, 3.63) is 0 Å². The summed E-state index contributed by atoms with van der Waals surface area (Å²) in [5.74, 6) is 0. The van der Waals surface area contributed by atoms with E-state index in [1.54, 1.807) is 0 Å². The zero-order chi connectivity index (χ0) is 13.9. The SMILES string of the molecule is CCCCCCCCCCN(C)CC[N+](C)(C)C. The van der Waals surface area contributed by atoms with Gasteiger partial charge in [-0.25, -0.2) is 0 Å². The molecule has 2 heteroatoms. The quantitative estimate of drug-likeness (QED) is 0.380. The summed E-state index contributed by atoms with van der Waals surface area (Å²) in [4.78, 5) is 2.49. The lowest BCUT2D eigenvalue weighted by Crippen LogP contribution is -2.41. The summed E-state index contributed by atoms with van der Waals surface area (Å²) in [7, 11) is 9.06. The van der Waals surface area contributed by atoms with Gasteiger partial charge in [0.25, 0.3) is 0 Å². The van der Waals surface area contributed by atoms with Gasteiger partial charge in [-0.15, -0.1) is 0 Å². The van der Waals surface area contributed by atoms with Crippen molar-refractivity contribution in [3.63, 3.8) is 0 Å². The Labute approximate surface area is 116 Å². The second-order valence-corrected chi connectivity index (χ2v) is 6.79. The first kappa shape index (κ1) is 17.9. The summed E-state index contributed by atoms with van der Waals surface area (Å²) in [6.45, 7) is 6.02. The highest BCUT2D eigenvalue weighted by Gasteiger charge is 2.08. The second kappa shape index (κ2) is 10.8. The number of hydrogen-bond acceptors (Lipinski definition) is 1. The molecule has 0 aliphatic carbocycles. The van der Waals surface area contributed by atoms with Crippen molar-refractivity contribution in [1.82, 2.24) is 4.90 Å². The van der Waals surface area contributed by atoms with Crippen molar-refractivity contribution in [2.24, 2.45) is 0 Å². The lowest BCUT2D eigenvalue weighted by molar-refractivity contribution is -0.869. The van der Waals surface area contributed by atoms with Crippen LogP contribution in [0.3, 0.4) is 0 Å². The fourth-order valence-corrected chi connectivity index (χ4v) is 2.10. The lowest BCUT2D eigenvalue weighted by Gasteiger charge is -2.27. The van der Waals surface area contributed by atoms with Crippen LogP contribution in [0.15, 0.2) is 0 Å². The highest BCUT2D eigenvalue weighted by molar-refractivity contribution is 4.52. The molecule has 0 amide bonds. The van der Waals surface area contributed by atoms with Gasteiger partial charge in [0.15, 0.2) is 0 Å². The summed E-state index contributed by atoms with van der Waals surface area (Å²) >= 11 is 0. The fraction of sp³-hybridized carbons (Fsp3) is 1.00. The third kappa shape index (κ3) is 14.0. The number of nitrogens with zero attached hydrogens (tertiary/aromatic N) is 2. The molecule has 0 heterocycles. The van der Waals surface area contributed by atoms with Crippen LogP contribution in [-0.4, -0.2) is 57.2 Å². The van der Waals surface area contributed by atoms with Crippen LogP contribution in [0.1, 0.15) is 58.3 Å². The number of quaternary nitrogens is 1. The maximum absolute atomic E-state index is 2.49. The standard InChI is InChI=1S/C16H37N2/c1-6-7-8-9-10-11-12-13-14-17(2)15-16-18(3,4)5/h6-16H2,1-5H3/q+1. The van der Waals surface area contributed by atoms with Crippen LogP contribution in [-0.2, 0) is 0 Å². The zero-order valence-corrected chi connectivity index (χ0v) is 13.7. The Balaban J connectivity index is 3.23. The molecule has 0 unspecified atom stereocenters. The Morgan fingerprint density at radius 2 is 1.22 bits per heavy atom. The minimum Gasteiger partial charge on any atom is -0.330 e. The number of hydrogen-bond donors (Lipinski definition) is 0. The Bertz CT molecular complexity index is 172. The van der Waals surface area contributed by atoms with E-state index < -0.39 is 0 Å². The third-order valence-corrected chi connectivity index (χ3v) is 3.55. The van der Waals surface area contributed by atoms with Crippen LogP contribution in [0.2, 0.25) is 0 Å². The molecule has 0 fully saturated rings. The van der Waals surface area contributed by atoms with Gasteiger partial charge in [-0.1, -0.05) is 51.9 Å². The van der Waals surface area contributed by atoms with Gasteiger partial charge in [-0.3, -0.25) is 0 Å². The highest BCUT2D eigenvalue weighted by Crippen LogP contribution is 2.08. The summed E-state index contributed by atoms with van der Waals surface area (Å²) < 4.78 is 1.07. The van der Waals surface area contributed by atoms with E-state index in [9.17, 15) is 0 Å². The highest BCUT2D eigenvalue weighted by atomic mass is 15.3. The second-order valence-electron chi connectivity index (χ2n) is 6.79.